The number of anilines is 1. The van der Waals surface area contributed by atoms with Crippen LogP contribution in [0, 0.1) is 6.92 Å². The SMILES string of the molecule is COc1cccc(NC(=O)C(=O)N/N=C/c2ccc(OCc3ccc(C)cc3)cc2)c1. The number of aryl methyl sites for hydroxylation is 1. The molecule has 3 rings (SSSR count). The van der Waals surface area contributed by atoms with Crippen molar-refractivity contribution in [1.82, 2.24) is 5.43 Å². The normalized spacial score (nSPS) is 10.5. The van der Waals surface area contributed by atoms with Crippen LogP contribution in [-0.2, 0) is 16.2 Å². The van der Waals surface area contributed by atoms with Crippen molar-refractivity contribution in [2.45, 2.75) is 13.5 Å². The van der Waals surface area contributed by atoms with E-state index in [0.29, 0.717) is 18.0 Å². The molecular formula is C24H23N3O4. The van der Waals surface area contributed by atoms with Crippen molar-refractivity contribution in [3.8, 4) is 11.5 Å². The van der Waals surface area contributed by atoms with Gasteiger partial charge in [0, 0.05) is 11.8 Å². The Hall–Kier alpha value is -4.13. The van der Waals surface area contributed by atoms with E-state index in [1.54, 1.807) is 36.4 Å². The van der Waals surface area contributed by atoms with Crippen LogP contribution in [0.1, 0.15) is 16.7 Å². The zero-order valence-corrected chi connectivity index (χ0v) is 17.3. The summed E-state index contributed by atoms with van der Waals surface area (Å²) < 4.78 is 10.8. The monoisotopic (exact) mass is 417 g/mol. The van der Waals surface area contributed by atoms with E-state index in [-0.39, 0.29) is 0 Å². The number of nitrogens with one attached hydrogen (secondary N) is 2. The highest BCUT2D eigenvalue weighted by atomic mass is 16.5. The second-order valence-electron chi connectivity index (χ2n) is 6.73. The first kappa shape index (κ1) is 21.6. The maximum atomic E-state index is 12.0. The Morgan fingerprint density at radius 3 is 2.39 bits per heavy atom. The number of carbonyl (C=O) groups excluding carboxylic acids is 2. The highest BCUT2D eigenvalue weighted by Crippen LogP contribution is 2.16. The average molecular weight is 417 g/mol. The summed E-state index contributed by atoms with van der Waals surface area (Å²) in [6.45, 7) is 2.52. The lowest BCUT2D eigenvalue weighted by atomic mass is 10.2. The van der Waals surface area contributed by atoms with Crippen molar-refractivity contribution in [3.05, 3.63) is 89.5 Å². The minimum absolute atomic E-state index is 0.449. The summed E-state index contributed by atoms with van der Waals surface area (Å²) in [7, 11) is 1.52. The molecule has 0 atom stereocenters. The number of hydrogen-bond donors (Lipinski definition) is 2. The number of nitrogens with zero attached hydrogens (tertiary/aromatic N) is 1. The third kappa shape index (κ3) is 6.71. The highest BCUT2D eigenvalue weighted by molar-refractivity contribution is 6.39. The van der Waals surface area contributed by atoms with E-state index in [1.165, 1.54) is 18.9 Å². The molecule has 0 heterocycles. The number of benzene rings is 3. The summed E-state index contributed by atoms with van der Waals surface area (Å²) in [5, 5.41) is 6.30. The van der Waals surface area contributed by atoms with Crippen LogP contribution in [0.15, 0.2) is 77.9 Å². The quantitative estimate of drug-likeness (QED) is 0.349. The minimum Gasteiger partial charge on any atom is -0.497 e. The smallest absolute Gasteiger partial charge is 0.329 e. The molecule has 0 aromatic heterocycles. The maximum Gasteiger partial charge on any atom is 0.329 e. The summed E-state index contributed by atoms with van der Waals surface area (Å²) in [6, 6.07) is 22.1. The van der Waals surface area contributed by atoms with Gasteiger partial charge in [0.15, 0.2) is 0 Å². The topological polar surface area (TPSA) is 89.0 Å². The fraction of sp³-hybridized carbons (Fsp3) is 0.125. The van der Waals surface area contributed by atoms with Crippen molar-refractivity contribution >= 4 is 23.7 Å². The van der Waals surface area contributed by atoms with Crippen LogP contribution in [0.25, 0.3) is 0 Å². The summed E-state index contributed by atoms with van der Waals surface area (Å²) in [6.07, 6.45) is 1.44. The van der Waals surface area contributed by atoms with Crippen LogP contribution in [-0.4, -0.2) is 25.1 Å². The van der Waals surface area contributed by atoms with Crippen LogP contribution in [0.3, 0.4) is 0 Å². The molecule has 0 aliphatic rings. The molecular weight excluding hydrogens is 394 g/mol. The van der Waals surface area contributed by atoms with Gasteiger partial charge in [0.05, 0.1) is 13.3 Å². The van der Waals surface area contributed by atoms with Crippen molar-refractivity contribution in [2.75, 3.05) is 12.4 Å². The first-order valence-electron chi connectivity index (χ1n) is 9.60. The Morgan fingerprint density at radius 1 is 0.935 bits per heavy atom. The number of ether oxygens (including phenoxy) is 2. The van der Waals surface area contributed by atoms with Gasteiger partial charge in [-0.25, -0.2) is 5.43 Å². The van der Waals surface area contributed by atoms with Gasteiger partial charge in [-0.2, -0.15) is 5.10 Å². The average Bonchev–Trinajstić information content (AvgIpc) is 2.79. The number of methoxy groups -OCH3 is 1. The molecule has 0 bridgehead atoms. The van der Waals surface area contributed by atoms with E-state index in [0.717, 1.165) is 16.9 Å². The molecule has 0 aliphatic carbocycles. The first-order chi connectivity index (χ1) is 15.0. The fourth-order valence-electron chi connectivity index (χ4n) is 2.61. The Labute approximate surface area is 180 Å². The minimum atomic E-state index is -0.878. The van der Waals surface area contributed by atoms with E-state index >= 15 is 0 Å². The molecule has 0 saturated carbocycles. The predicted octanol–water partition coefficient (Wildman–Crippen LogP) is 3.67. The van der Waals surface area contributed by atoms with Gasteiger partial charge in [0.25, 0.3) is 0 Å². The molecule has 158 valence electrons. The van der Waals surface area contributed by atoms with Crippen LogP contribution in [0.4, 0.5) is 5.69 Å². The third-order valence-corrected chi connectivity index (χ3v) is 4.32. The molecule has 7 heteroatoms. The number of amides is 2. The molecule has 0 radical (unpaired) electrons. The first-order valence-corrected chi connectivity index (χ1v) is 9.60. The summed E-state index contributed by atoms with van der Waals surface area (Å²) >= 11 is 0. The molecule has 0 unspecified atom stereocenters. The Kier molecular flexibility index (Phi) is 7.37. The van der Waals surface area contributed by atoms with E-state index in [1.807, 2.05) is 43.3 Å². The molecule has 7 nitrogen and oxygen atoms in total. The van der Waals surface area contributed by atoms with Crippen molar-refractivity contribution in [1.29, 1.82) is 0 Å². The van der Waals surface area contributed by atoms with Gasteiger partial charge in [-0.15, -0.1) is 0 Å². The summed E-state index contributed by atoms with van der Waals surface area (Å²) in [5.41, 5.74) is 5.69. The molecule has 0 fully saturated rings. The maximum absolute atomic E-state index is 12.0. The summed E-state index contributed by atoms with van der Waals surface area (Å²) in [4.78, 5) is 23.9. The van der Waals surface area contributed by atoms with Crippen LogP contribution in [0.5, 0.6) is 11.5 Å². The van der Waals surface area contributed by atoms with Gasteiger partial charge in [0.1, 0.15) is 18.1 Å². The Bertz CT molecular complexity index is 1060. The number of hydrogen-bond acceptors (Lipinski definition) is 5. The lowest BCUT2D eigenvalue weighted by Crippen LogP contribution is -2.32. The molecule has 3 aromatic carbocycles. The molecule has 0 saturated heterocycles. The fourth-order valence-corrected chi connectivity index (χ4v) is 2.61. The largest absolute Gasteiger partial charge is 0.497 e. The van der Waals surface area contributed by atoms with Gasteiger partial charge in [0.2, 0.25) is 0 Å². The molecule has 0 spiro atoms. The third-order valence-electron chi connectivity index (χ3n) is 4.32. The number of hydrazone groups is 1. The van der Waals surface area contributed by atoms with Gasteiger partial charge < -0.3 is 14.8 Å². The van der Waals surface area contributed by atoms with Crippen molar-refractivity contribution < 1.29 is 19.1 Å². The lowest BCUT2D eigenvalue weighted by molar-refractivity contribution is -0.136. The lowest BCUT2D eigenvalue weighted by Gasteiger charge is -2.07. The van der Waals surface area contributed by atoms with E-state index in [4.69, 9.17) is 9.47 Å². The van der Waals surface area contributed by atoms with Crippen molar-refractivity contribution in [2.24, 2.45) is 5.10 Å². The number of carbonyl (C=O) groups is 2. The van der Waals surface area contributed by atoms with Gasteiger partial charge in [-0.1, -0.05) is 35.9 Å². The van der Waals surface area contributed by atoms with E-state index in [2.05, 4.69) is 15.8 Å². The van der Waals surface area contributed by atoms with Gasteiger partial charge in [-0.05, 0) is 54.4 Å². The zero-order chi connectivity index (χ0) is 22.1. The van der Waals surface area contributed by atoms with Crippen LogP contribution < -0.4 is 20.2 Å². The molecule has 2 N–H and O–H groups in total. The Morgan fingerprint density at radius 2 is 1.68 bits per heavy atom. The molecule has 0 aliphatic heterocycles. The van der Waals surface area contributed by atoms with Crippen LogP contribution in [0.2, 0.25) is 0 Å². The Balaban J connectivity index is 1.46. The van der Waals surface area contributed by atoms with Gasteiger partial charge >= 0.3 is 11.8 Å². The van der Waals surface area contributed by atoms with Crippen molar-refractivity contribution in [3.63, 3.8) is 0 Å². The molecule has 3 aromatic rings. The predicted molar refractivity (Wildman–Crippen MR) is 119 cm³/mol. The highest BCUT2D eigenvalue weighted by Gasteiger charge is 2.13. The standard InChI is InChI=1S/C24H23N3O4/c1-17-6-8-19(9-7-17)16-31-21-12-10-18(11-13-21)15-25-27-24(29)23(28)26-20-4-3-5-22(14-20)30-2/h3-15H,16H2,1-2H3,(H,26,28)(H,27,29)/b25-15+. The van der Waals surface area contributed by atoms with E-state index in [9.17, 15) is 9.59 Å². The van der Waals surface area contributed by atoms with E-state index < -0.39 is 11.8 Å². The molecule has 2 amide bonds. The summed E-state index contributed by atoms with van der Waals surface area (Å²) in [5.74, 6) is -0.413. The van der Waals surface area contributed by atoms with Crippen LogP contribution >= 0.6 is 0 Å². The van der Waals surface area contributed by atoms with Gasteiger partial charge in [-0.3, -0.25) is 9.59 Å². The molecule has 31 heavy (non-hydrogen) atoms. The zero-order valence-electron chi connectivity index (χ0n) is 17.3. The number of rotatable bonds is 7. The second-order valence-corrected chi connectivity index (χ2v) is 6.73. The second kappa shape index (κ2) is 10.6.